The Balaban J connectivity index is 1.95. The standard InChI is InChI=1S/C26H29BrF4N2O3/c1-15-6-7-16(12-21(15)28)20-14-33(24(35)36-25(2,3)4)9-8-22(20)32(5)23(34)17-10-18(26(29,30)31)13-19(27)11-17/h6-7,10-13,20,22H,8-9,14H2,1-5H3/t20-,22+/m0/s1. The van der Waals surface area contributed by atoms with E-state index in [9.17, 15) is 27.2 Å². The number of halogens is 5. The molecule has 1 aliphatic heterocycles. The number of carbonyl (C=O) groups excluding carboxylic acids is 2. The molecular weight excluding hydrogens is 544 g/mol. The molecule has 1 fully saturated rings. The molecule has 2 aromatic carbocycles. The molecule has 0 aromatic heterocycles. The molecule has 3 rings (SSSR count). The van der Waals surface area contributed by atoms with Gasteiger partial charge in [0.1, 0.15) is 11.4 Å². The number of benzene rings is 2. The largest absolute Gasteiger partial charge is 0.444 e. The maximum Gasteiger partial charge on any atom is 0.416 e. The molecular formula is C26H29BrF4N2O3. The van der Waals surface area contributed by atoms with E-state index in [1.54, 1.807) is 39.8 Å². The minimum absolute atomic E-state index is 0.123. The first-order chi connectivity index (χ1) is 16.6. The molecule has 2 atom stereocenters. The summed E-state index contributed by atoms with van der Waals surface area (Å²) in [5.74, 6) is -1.50. The van der Waals surface area contributed by atoms with Crippen LogP contribution in [0.15, 0.2) is 40.9 Å². The van der Waals surface area contributed by atoms with Gasteiger partial charge in [-0.05, 0) is 69.5 Å². The van der Waals surface area contributed by atoms with Gasteiger partial charge in [0.25, 0.3) is 5.91 Å². The average Bonchev–Trinajstić information content (AvgIpc) is 2.77. The molecule has 1 heterocycles. The SMILES string of the molecule is Cc1ccc([C@@H]2CN(C(=O)OC(C)(C)C)CC[C@H]2N(C)C(=O)c2cc(Br)cc(C(F)(F)F)c2)cc1F. The molecule has 36 heavy (non-hydrogen) atoms. The number of hydrogen-bond acceptors (Lipinski definition) is 3. The van der Waals surface area contributed by atoms with E-state index in [-0.39, 0.29) is 23.1 Å². The molecule has 0 N–H and O–H groups in total. The highest BCUT2D eigenvalue weighted by Gasteiger charge is 2.39. The third-order valence-electron chi connectivity index (χ3n) is 6.14. The molecule has 5 nitrogen and oxygen atoms in total. The minimum Gasteiger partial charge on any atom is -0.444 e. The average molecular weight is 573 g/mol. The second-order valence-corrected chi connectivity index (χ2v) is 11.0. The van der Waals surface area contributed by atoms with Crippen LogP contribution in [0.5, 0.6) is 0 Å². The molecule has 0 unspecified atom stereocenters. The number of rotatable bonds is 3. The lowest BCUT2D eigenvalue weighted by atomic mass is 9.84. The van der Waals surface area contributed by atoms with Crippen molar-refractivity contribution in [3.05, 3.63) is 68.9 Å². The van der Waals surface area contributed by atoms with E-state index in [2.05, 4.69) is 15.9 Å². The van der Waals surface area contributed by atoms with Gasteiger partial charge in [0.05, 0.1) is 5.56 Å². The quantitative estimate of drug-likeness (QED) is 0.381. The lowest BCUT2D eigenvalue weighted by Crippen LogP contribution is -2.52. The summed E-state index contributed by atoms with van der Waals surface area (Å²) in [6.45, 7) is 7.32. The van der Waals surface area contributed by atoms with Crippen molar-refractivity contribution in [3.63, 3.8) is 0 Å². The highest BCUT2D eigenvalue weighted by molar-refractivity contribution is 9.10. The van der Waals surface area contributed by atoms with Crippen molar-refractivity contribution in [1.29, 1.82) is 0 Å². The van der Waals surface area contributed by atoms with E-state index >= 15 is 0 Å². The number of ether oxygens (including phenoxy) is 1. The molecule has 0 spiro atoms. The Labute approximate surface area is 216 Å². The summed E-state index contributed by atoms with van der Waals surface area (Å²) in [4.78, 5) is 29.0. The lowest BCUT2D eigenvalue weighted by molar-refractivity contribution is -0.137. The van der Waals surface area contributed by atoms with Gasteiger partial charge in [-0.15, -0.1) is 0 Å². The summed E-state index contributed by atoms with van der Waals surface area (Å²) < 4.78 is 60.1. The van der Waals surface area contributed by atoms with Crippen LogP contribution in [0.3, 0.4) is 0 Å². The number of hydrogen-bond donors (Lipinski definition) is 0. The second-order valence-electron chi connectivity index (χ2n) is 10.0. The van der Waals surface area contributed by atoms with Gasteiger partial charge in [-0.1, -0.05) is 28.1 Å². The van der Waals surface area contributed by atoms with Gasteiger partial charge in [0, 0.05) is 42.1 Å². The van der Waals surface area contributed by atoms with Crippen LogP contribution in [-0.2, 0) is 10.9 Å². The van der Waals surface area contributed by atoms with Crippen molar-refractivity contribution < 1.29 is 31.9 Å². The van der Waals surface area contributed by atoms with E-state index in [1.807, 2.05) is 0 Å². The van der Waals surface area contributed by atoms with Crippen LogP contribution in [0, 0.1) is 12.7 Å². The first-order valence-electron chi connectivity index (χ1n) is 11.5. The van der Waals surface area contributed by atoms with E-state index in [0.29, 0.717) is 17.5 Å². The first kappa shape index (κ1) is 28.0. The maximum absolute atomic E-state index is 14.5. The first-order valence-corrected chi connectivity index (χ1v) is 12.2. The zero-order valence-electron chi connectivity index (χ0n) is 20.7. The molecule has 196 valence electrons. The van der Waals surface area contributed by atoms with Crippen LogP contribution in [0.25, 0.3) is 0 Å². The van der Waals surface area contributed by atoms with Crippen molar-refractivity contribution in [3.8, 4) is 0 Å². The summed E-state index contributed by atoms with van der Waals surface area (Å²) >= 11 is 3.06. The molecule has 10 heteroatoms. The predicted molar refractivity (Wildman–Crippen MR) is 131 cm³/mol. The van der Waals surface area contributed by atoms with Crippen molar-refractivity contribution in [2.75, 3.05) is 20.1 Å². The third kappa shape index (κ3) is 6.57. The molecule has 1 aliphatic rings. The zero-order chi connectivity index (χ0) is 27.0. The molecule has 2 aromatic rings. The number of carbonyl (C=O) groups is 2. The topological polar surface area (TPSA) is 49.9 Å². The fraction of sp³-hybridized carbons (Fsp3) is 0.462. The van der Waals surface area contributed by atoms with Crippen LogP contribution in [0.4, 0.5) is 22.4 Å². The van der Waals surface area contributed by atoms with Gasteiger partial charge in [0.15, 0.2) is 0 Å². The number of nitrogens with zero attached hydrogens (tertiary/aromatic N) is 2. The maximum atomic E-state index is 14.5. The van der Waals surface area contributed by atoms with Gasteiger partial charge < -0.3 is 14.5 Å². The number of likely N-dealkylation sites (N-methyl/N-ethyl adjacent to an activating group) is 1. The molecule has 0 aliphatic carbocycles. The minimum atomic E-state index is -4.61. The van der Waals surface area contributed by atoms with Crippen molar-refractivity contribution in [2.45, 2.75) is 57.9 Å². The molecule has 0 radical (unpaired) electrons. The van der Waals surface area contributed by atoms with Crippen molar-refractivity contribution in [1.82, 2.24) is 9.80 Å². The van der Waals surface area contributed by atoms with Gasteiger partial charge in [0.2, 0.25) is 0 Å². The summed E-state index contributed by atoms with van der Waals surface area (Å²) in [5.41, 5.74) is -0.731. The molecule has 0 bridgehead atoms. The Bertz CT molecular complexity index is 1150. The predicted octanol–water partition coefficient (Wildman–Crippen LogP) is 6.78. The Kier molecular flexibility index (Phi) is 8.07. The highest BCUT2D eigenvalue weighted by atomic mass is 79.9. The van der Waals surface area contributed by atoms with Crippen LogP contribution < -0.4 is 0 Å². The fourth-order valence-electron chi connectivity index (χ4n) is 4.29. The molecule has 2 amide bonds. The number of likely N-dealkylation sites (tertiary alicyclic amines) is 1. The summed E-state index contributed by atoms with van der Waals surface area (Å²) in [7, 11) is 1.52. The highest BCUT2D eigenvalue weighted by Crippen LogP contribution is 2.35. The zero-order valence-corrected chi connectivity index (χ0v) is 22.3. The van der Waals surface area contributed by atoms with Crippen LogP contribution in [0.2, 0.25) is 0 Å². The van der Waals surface area contributed by atoms with E-state index < -0.39 is 47.1 Å². The van der Waals surface area contributed by atoms with Gasteiger partial charge >= 0.3 is 12.3 Å². The Morgan fingerprint density at radius 2 is 1.78 bits per heavy atom. The lowest BCUT2D eigenvalue weighted by Gasteiger charge is -2.43. The van der Waals surface area contributed by atoms with E-state index in [1.165, 1.54) is 29.0 Å². The summed E-state index contributed by atoms with van der Waals surface area (Å²) in [5, 5.41) is 0. The molecule has 1 saturated heterocycles. The number of alkyl halides is 3. The second kappa shape index (κ2) is 10.4. The van der Waals surface area contributed by atoms with Gasteiger partial charge in [-0.25, -0.2) is 9.18 Å². The van der Waals surface area contributed by atoms with Crippen LogP contribution >= 0.6 is 15.9 Å². The van der Waals surface area contributed by atoms with Gasteiger partial charge in [-0.3, -0.25) is 4.79 Å². The van der Waals surface area contributed by atoms with Gasteiger partial charge in [-0.2, -0.15) is 13.2 Å². The monoisotopic (exact) mass is 572 g/mol. The normalized spacial score (nSPS) is 18.7. The Hall–Kier alpha value is -2.62. The smallest absolute Gasteiger partial charge is 0.416 e. The van der Waals surface area contributed by atoms with Crippen molar-refractivity contribution in [2.24, 2.45) is 0 Å². The van der Waals surface area contributed by atoms with Crippen LogP contribution in [-0.4, -0.2) is 53.6 Å². The van der Waals surface area contributed by atoms with Crippen LogP contribution in [0.1, 0.15) is 60.2 Å². The third-order valence-corrected chi connectivity index (χ3v) is 6.60. The number of amides is 2. The summed E-state index contributed by atoms with van der Waals surface area (Å²) in [6.07, 6.45) is -4.80. The number of piperidine rings is 1. The fourth-order valence-corrected chi connectivity index (χ4v) is 4.79. The van der Waals surface area contributed by atoms with E-state index in [0.717, 1.165) is 12.1 Å². The number of aryl methyl sites for hydroxylation is 1. The molecule has 0 saturated carbocycles. The summed E-state index contributed by atoms with van der Waals surface area (Å²) in [6, 6.07) is 7.32. The van der Waals surface area contributed by atoms with E-state index in [4.69, 9.17) is 4.74 Å². The van der Waals surface area contributed by atoms with Crippen molar-refractivity contribution >= 4 is 27.9 Å². The Morgan fingerprint density at radius 3 is 2.36 bits per heavy atom. The Morgan fingerprint density at radius 1 is 1.11 bits per heavy atom.